The average molecular weight is 552 g/mol. The Hall–Kier alpha value is -3.46. The number of hydrogen-bond donors (Lipinski definition) is 2. The van der Waals surface area contributed by atoms with Crippen molar-refractivity contribution in [2.45, 2.75) is 23.9 Å². The van der Waals surface area contributed by atoms with Gasteiger partial charge in [-0.25, -0.2) is 4.68 Å². The van der Waals surface area contributed by atoms with Crippen LogP contribution in [0.1, 0.15) is 24.1 Å². The largest absolute Gasteiger partial charge is 0.497 e. The lowest BCUT2D eigenvalue weighted by Gasteiger charge is -2.29. The molecular weight excluding hydrogens is 529 g/mol. The van der Waals surface area contributed by atoms with Crippen molar-refractivity contribution in [1.82, 2.24) is 14.8 Å². The third kappa shape index (κ3) is 5.46. The van der Waals surface area contributed by atoms with Gasteiger partial charge in [0.1, 0.15) is 11.8 Å². The summed E-state index contributed by atoms with van der Waals surface area (Å²) in [6.07, 6.45) is 0. The number of thioether (sulfide) groups is 1. The minimum Gasteiger partial charge on any atom is -0.497 e. The zero-order valence-electron chi connectivity index (χ0n) is 20.0. The van der Waals surface area contributed by atoms with Crippen LogP contribution in [0, 0.1) is 0 Å². The van der Waals surface area contributed by atoms with E-state index in [1.54, 1.807) is 48.2 Å². The van der Waals surface area contributed by atoms with Crippen LogP contribution in [0.3, 0.4) is 0 Å². The number of anilines is 2. The number of fused-ring (bicyclic) bond motifs is 1. The van der Waals surface area contributed by atoms with Crippen molar-refractivity contribution in [1.29, 1.82) is 0 Å². The van der Waals surface area contributed by atoms with Crippen LogP contribution >= 0.6 is 35.0 Å². The molecule has 2 N–H and O–H groups in total. The quantitative estimate of drug-likeness (QED) is 0.245. The number of methoxy groups -OCH3 is 1. The maximum Gasteiger partial charge on any atom is 0.255 e. The lowest BCUT2D eigenvalue weighted by molar-refractivity contribution is -0.113. The predicted molar refractivity (Wildman–Crippen MR) is 149 cm³/mol. The van der Waals surface area contributed by atoms with Gasteiger partial charge < -0.3 is 15.4 Å². The summed E-state index contributed by atoms with van der Waals surface area (Å²) in [5.41, 5.74) is 3.62. The number of halogens is 2. The molecule has 5 rings (SSSR count). The Morgan fingerprint density at radius 3 is 2.57 bits per heavy atom. The maximum absolute atomic E-state index is 13.6. The lowest BCUT2D eigenvalue weighted by atomic mass is 9.95. The Bertz CT molecular complexity index is 1470. The van der Waals surface area contributed by atoms with Gasteiger partial charge in [0.25, 0.3) is 5.91 Å². The van der Waals surface area contributed by atoms with Gasteiger partial charge in [-0.3, -0.25) is 4.79 Å². The van der Waals surface area contributed by atoms with Crippen LogP contribution < -0.4 is 15.4 Å². The molecule has 1 atom stereocenters. The molecule has 37 heavy (non-hydrogen) atoms. The van der Waals surface area contributed by atoms with E-state index in [1.807, 2.05) is 31.2 Å². The second-order valence-corrected chi connectivity index (χ2v) is 10.1. The molecular formula is C27H23Cl2N5O2S. The number of carbonyl (C=O) groups is 1. The molecule has 0 unspecified atom stereocenters. The SMILES string of the molecule is COc1ccc(NC(=O)C2=C(C)Nc3nc(SCc4ccccc4)nn3[C@H]2c2ccc(Cl)cc2Cl)cc1. The van der Waals surface area contributed by atoms with Crippen LogP contribution in [-0.2, 0) is 10.5 Å². The predicted octanol–water partition coefficient (Wildman–Crippen LogP) is 6.81. The minimum absolute atomic E-state index is 0.286. The second kappa shape index (κ2) is 10.9. The van der Waals surface area contributed by atoms with E-state index < -0.39 is 6.04 Å². The fourth-order valence-corrected chi connectivity index (χ4v) is 5.39. The number of nitrogens with zero attached hydrogens (tertiary/aromatic N) is 3. The Balaban J connectivity index is 1.50. The summed E-state index contributed by atoms with van der Waals surface area (Å²) in [5.74, 6) is 1.66. The van der Waals surface area contributed by atoms with E-state index in [-0.39, 0.29) is 5.91 Å². The van der Waals surface area contributed by atoms with Crippen LogP contribution in [0.2, 0.25) is 10.0 Å². The van der Waals surface area contributed by atoms with Crippen LogP contribution in [0.5, 0.6) is 5.75 Å². The smallest absolute Gasteiger partial charge is 0.255 e. The fourth-order valence-electron chi connectivity index (χ4n) is 4.09. The van der Waals surface area contributed by atoms with Crippen LogP contribution in [0.25, 0.3) is 0 Å². The lowest BCUT2D eigenvalue weighted by Crippen LogP contribution is -2.31. The van der Waals surface area contributed by atoms with Crippen molar-refractivity contribution in [2.75, 3.05) is 17.7 Å². The molecule has 0 spiro atoms. The van der Waals surface area contributed by atoms with Gasteiger partial charge >= 0.3 is 0 Å². The molecule has 7 nitrogen and oxygen atoms in total. The van der Waals surface area contributed by atoms with Crippen LogP contribution in [-0.4, -0.2) is 27.8 Å². The normalized spacial score (nSPS) is 14.6. The van der Waals surface area contributed by atoms with E-state index in [2.05, 4.69) is 22.8 Å². The maximum atomic E-state index is 13.6. The summed E-state index contributed by atoms with van der Waals surface area (Å²) in [4.78, 5) is 18.3. The summed E-state index contributed by atoms with van der Waals surface area (Å²) in [6, 6.07) is 21.9. The van der Waals surface area contributed by atoms with Crippen LogP contribution in [0.4, 0.5) is 11.6 Å². The highest BCUT2D eigenvalue weighted by Crippen LogP contribution is 2.40. The molecule has 0 fully saturated rings. The number of ether oxygens (including phenoxy) is 1. The third-order valence-corrected chi connectivity index (χ3v) is 7.36. The van der Waals surface area contributed by atoms with E-state index in [1.165, 1.54) is 17.3 Å². The topological polar surface area (TPSA) is 81.1 Å². The number of rotatable bonds is 7. The molecule has 3 aromatic carbocycles. The first-order valence-electron chi connectivity index (χ1n) is 11.4. The number of benzene rings is 3. The van der Waals surface area contributed by atoms with E-state index in [0.717, 1.165) is 0 Å². The molecule has 4 aromatic rings. The molecule has 0 radical (unpaired) electrons. The molecule has 1 aliphatic heterocycles. The van der Waals surface area contributed by atoms with E-state index in [0.29, 0.717) is 55.2 Å². The number of nitrogens with one attached hydrogen (secondary N) is 2. The second-order valence-electron chi connectivity index (χ2n) is 8.35. The summed E-state index contributed by atoms with van der Waals surface area (Å²) in [5, 5.41) is 12.5. The Kier molecular flexibility index (Phi) is 7.41. The molecule has 0 bridgehead atoms. The van der Waals surface area contributed by atoms with Gasteiger partial charge in [-0.1, -0.05) is 71.4 Å². The van der Waals surface area contributed by atoms with E-state index in [4.69, 9.17) is 38.0 Å². The van der Waals surface area contributed by atoms with Crippen molar-refractivity contribution in [3.63, 3.8) is 0 Å². The first-order chi connectivity index (χ1) is 17.9. The van der Waals surface area contributed by atoms with Gasteiger partial charge in [0.05, 0.1) is 12.7 Å². The summed E-state index contributed by atoms with van der Waals surface area (Å²) in [7, 11) is 1.60. The molecule has 0 aliphatic carbocycles. The fraction of sp³-hybridized carbons (Fsp3) is 0.148. The van der Waals surface area contributed by atoms with Crippen molar-refractivity contribution in [3.8, 4) is 5.75 Å². The number of hydrogen-bond acceptors (Lipinski definition) is 6. The Morgan fingerprint density at radius 2 is 1.86 bits per heavy atom. The molecule has 188 valence electrons. The molecule has 10 heteroatoms. The first-order valence-corrected chi connectivity index (χ1v) is 13.2. The van der Waals surface area contributed by atoms with Crippen LogP contribution in [0.15, 0.2) is 89.2 Å². The van der Waals surface area contributed by atoms with Gasteiger partial charge in [-0.15, -0.1) is 5.10 Å². The number of allylic oxidation sites excluding steroid dienone is 1. The molecule has 0 saturated heterocycles. The van der Waals surface area contributed by atoms with Gasteiger partial charge in [-0.2, -0.15) is 4.98 Å². The monoisotopic (exact) mass is 551 g/mol. The minimum atomic E-state index is -0.613. The molecule has 0 saturated carbocycles. The van der Waals surface area contributed by atoms with Gasteiger partial charge in [-0.05, 0) is 48.9 Å². The standard InChI is InChI=1S/C27H23Cl2N5O2S/c1-16-23(25(35)31-19-9-11-20(36-2)12-10-19)24(21-13-8-18(28)14-22(21)29)34-26(30-16)32-27(33-34)37-15-17-6-4-3-5-7-17/h3-14,24H,15H2,1-2H3,(H,31,35)(H,30,32,33)/t24-/m0/s1. The van der Waals surface area contributed by atoms with Crippen molar-refractivity contribution >= 4 is 52.5 Å². The Labute approximate surface area is 228 Å². The molecule has 2 heterocycles. The highest BCUT2D eigenvalue weighted by molar-refractivity contribution is 7.98. The molecule has 1 amide bonds. The summed E-state index contributed by atoms with van der Waals surface area (Å²) < 4.78 is 6.92. The first kappa shape index (κ1) is 25.2. The van der Waals surface area contributed by atoms with Crippen molar-refractivity contribution < 1.29 is 9.53 Å². The van der Waals surface area contributed by atoms with Gasteiger partial charge in [0, 0.05) is 32.7 Å². The number of aromatic nitrogens is 3. The highest BCUT2D eigenvalue weighted by Gasteiger charge is 2.35. The zero-order chi connectivity index (χ0) is 25.9. The molecule has 1 aliphatic rings. The zero-order valence-corrected chi connectivity index (χ0v) is 22.4. The van der Waals surface area contributed by atoms with Gasteiger partial charge in [0.2, 0.25) is 11.1 Å². The van der Waals surface area contributed by atoms with Crippen molar-refractivity contribution in [3.05, 3.63) is 105 Å². The summed E-state index contributed by atoms with van der Waals surface area (Å²) in [6.45, 7) is 1.84. The van der Waals surface area contributed by atoms with E-state index >= 15 is 0 Å². The molecule has 1 aromatic heterocycles. The highest BCUT2D eigenvalue weighted by atomic mass is 35.5. The average Bonchev–Trinajstić information content (AvgIpc) is 3.30. The number of carbonyl (C=O) groups excluding carboxylic acids is 1. The van der Waals surface area contributed by atoms with Gasteiger partial charge in [0.15, 0.2) is 0 Å². The Morgan fingerprint density at radius 1 is 1.11 bits per heavy atom. The van der Waals surface area contributed by atoms with E-state index in [9.17, 15) is 4.79 Å². The summed E-state index contributed by atoms with van der Waals surface area (Å²) >= 11 is 14.4. The number of amides is 1. The van der Waals surface area contributed by atoms with Crippen molar-refractivity contribution in [2.24, 2.45) is 0 Å². The third-order valence-electron chi connectivity index (χ3n) is 5.89.